The summed E-state index contributed by atoms with van der Waals surface area (Å²) in [6.45, 7) is 3.17. The van der Waals surface area contributed by atoms with Crippen LogP contribution < -0.4 is 0 Å². The summed E-state index contributed by atoms with van der Waals surface area (Å²) in [7, 11) is 0. The average molecular weight is 271 g/mol. The number of thioether (sulfide) groups is 1. The minimum absolute atomic E-state index is 0.114. The second-order valence-electron chi connectivity index (χ2n) is 5.30. The first-order chi connectivity index (χ1) is 8.63. The van der Waals surface area contributed by atoms with Crippen molar-refractivity contribution in [2.45, 2.75) is 26.2 Å². The molecule has 4 nitrogen and oxygen atoms in total. The lowest BCUT2D eigenvalue weighted by Gasteiger charge is -2.15. The molecule has 0 aromatic carbocycles. The molecule has 2 atom stereocenters. The van der Waals surface area contributed by atoms with Crippen LogP contribution >= 0.6 is 11.8 Å². The first kappa shape index (κ1) is 13.7. The van der Waals surface area contributed by atoms with Crippen LogP contribution in [0.25, 0.3) is 0 Å². The number of amides is 1. The average Bonchev–Trinajstić information content (AvgIpc) is 3.07. The largest absolute Gasteiger partial charge is 0.481 e. The van der Waals surface area contributed by atoms with E-state index in [1.807, 2.05) is 0 Å². The Morgan fingerprint density at radius 3 is 2.61 bits per heavy atom. The highest BCUT2D eigenvalue weighted by Crippen LogP contribution is 2.44. The fraction of sp³-hybridized carbons (Fsp3) is 0.846. The molecule has 0 unspecified atom stereocenters. The highest BCUT2D eigenvalue weighted by molar-refractivity contribution is 7.99. The molecule has 0 aromatic rings. The molecule has 1 amide bonds. The summed E-state index contributed by atoms with van der Waals surface area (Å²) in [5.41, 5.74) is 0. The van der Waals surface area contributed by atoms with Gasteiger partial charge in [0.15, 0.2) is 0 Å². The van der Waals surface area contributed by atoms with Gasteiger partial charge in [-0.25, -0.2) is 0 Å². The molecule has 1 aliphatic carbocycles. The molecular weight excluding hydrogens is 250 g/mol. The Kier molecular flexibility index (Phi) is 4.54. The second kappa shape index (κ2) is 5.95. The topological polar surface area (TPSA) is 57.6 Å². The molecule has 1 heterocycles. The quantitative estimate of drug-likeness (QED) is 0.747. The first-order valence-corrected chi connectivity index (χ1v) is 7.87. The molecule has 0 aromatic heterocycles. The van der Waals surface area contributed by atoms with Crippen molar-refractivity contribution in [3.8, 4) is 0 Å². The molecule has 102 valence electrons. The standard InChI is InChI=1S/C13H21NO3S/c1-2-5-18-8-12(15)14-6-10(9-3-4-9)11(7-14)13(16)17/h9-11H,2-8H2,1H3,(H,16,17)/t10-,11+/m1/s1. The number of hydrogen-bond donors (Lipinski definition) is 1. The number of carbonyl (C=O) groups excluding carboxylic acids is 1. The summed E-state index contributed by atoms with van der Waals surface area (Å²) < 4.78 is 0. The van der Waals surface area contributed by atoms with Crippen molar-refractivity contribution in [1.82, 2.24) is 4.90 Å². The van der Waals surface area contributed by atoms with E-state index in [0.29, 0.717) is 24.8 Å². The molecule has 1 aliphatic heterocycles. The minimum atomic E-state index is -0.733. The van der Waals surface area contributed by atoms with Gasteiger partial charge in [0.05, 0.1) is 11.7 Å². The third-order valence-corrected chi connectivity index (χ3v) is 4.98. The van der Waals surface area contributed by atoms with Gasteiger partial charge in [0, 0.05) is 13.1 Å². The lowest BCUT2D eigenvalue weighted by molar-refractivity contribution is -0.142. The predicted octanol–water partition coefficient (Wildman–Crippen LogP) is 1.70. The molecule has 18 heavy (non-hydrogen) atoms. The Balaban J connectivity index is 1.87. The fourth-order valence-electron chi connectivity index (χ4n) is 2.69. The monoisotopic (exact) mass is 271 g/mol. The maximum atomic E-state index is 12.0. The van der Waals surface area contributed by atoms with Crippen molar-refractivity contribution >= 4 is 23.6 Å². The van der Waals surface area contributed by atoms with Crippen LogP contribution in [0, 0.1) is 17.8 Å². The minimum Gasteiger partial charge on any atom is -0.481 e. The summed E-state index contributed by atoms with van der Waals surface area (Å²) in [5, 5.41) is 9.23. The molecule has 1 saturated carbocycles. The Morgan fingerprint density at radius 2 is 2.06 bits per heavy atom. The summed E-state index contributed by atoms with van der Waals surface area (Å²) in [6.07, 6.45) is 3.35. The molecule has 1 saturated heterocycles. The maximum Gasteiger partial charge on any atom is 0.308 e. The molecule has 2 fully saturated rings. The van der Waals surface area contributed by atoms with E-state index in [-0.39, 0.29) is 17.7 Å². The first-order valence-electron chi connectivity index (χ1n) is 6.71. The van der Waals surface area contributed by atoms with E-state index in [0.717, 1.165) is 25.0 Å². The number of nitrogens with zero attached hydrogens (tertiary/aromatic N) is 1. The van der Waals surface area contributed by atoms with Gasteiger partial charge in [-0.2, -0.15) is 11.8 Å². The van der Waals surface area contributed by atoms with Crippen molar-refractivity contribution in [2.24, 2.45) is 17.8 Å². The SMILES string of the molecule is CCCSCC(=O)N1C[C@H](C(=O)O)[C@@H](C2CC2)C1. The molecular formula is C13H21NO3S. The number of aliphatic carboxylic acids is 1. The van der Waals surface area contributed by atoms with Gasteiger partial charge in [0.2, 0.25) is 5.91 Å². The normalized spacial score (nSPS) is 27.5. The van der Waals surface area contributed by atoms with E-state index in [9.17, 15) is 14.7 Å². The fourth-order valence-corrected chi connectivity index (χ4v) is 3.48. The molecule has 0 radical (unpaired) electrons. The Morgan fingerprint density at radius 1 is 1.33 bits per heavy atom. The van der Waals surface area contributed by atoms with E-state index in [2.05, 4.69) is 6.92 Å². The molecule has 1 N–H and O–H groups in total. The zero-order valence-electron chi connectivity index (χ0n) is 10.8. The predicted molar refractivity (Wildman–Crippen MR) is 71.5 cm³/mol. The van der Waals surface area contributed by atoms with Gasteiger partial charge in [0.1, 0.15) is 0 Å². The van der Waals surface area contributed by atoms with E-state index in [4.69, 9.17) is 0 Å². The van der Waals surface area contributed by atoms with Gasteiger partial charge >= 0.3 is 5.97 Å². The van der Waals surface area contributed by atoms with Crippen molar-refractivity contribution < 1.29 is 14.7 Å². The van der Waals surface area contributed by atoms with Crippen LogP contribution in [0.1, 0.15) is 26.2 Å². The van der Waals surface area contributed by atoms with Crippen LogP contribution in [0.5, 0.6) is 0 Å². The highest BCUT2D eigenvalue weighted by Gasteiger charge is 2.46. The third kappa shape index (κ3) is 3.19. The number of carboxylic acids is 1. The molecule has 2 rings (SSSR count). The second-order valence-corrected chi connectivity index (χ2v) is 6.40. The summed E-state index contributed by atoms with van der Waals surface area (Å²) >= 11 is 1.64. The molecule has 0 spiro atoms. The highest BCUT2D eigenvalue weighted by atomic mass is 32.2. The van der Waals surface area contributed by atoms with E-state index in [1.165, 1.54) is 0 Å². The summed E-state index contributed by atoms with van der Waals surface area (Å²) in [4.78, 5) is 25.0. The van der Waals surface area contributed by atoms with Crippen LogP contribution in [0.4, 0.5) is 0 Å². The zero-order valence-corrected chi connectivity index (χ0v) is 11.6. The van der Waals surface area contributed by atoms with Gasteiger partial charge in [0.25, 0.3) is 0 Å². The van der Waals surface area contributed by atoms with Crippen molar-refractivity contribution in [1.29, 1.82) is 0 Å². The number of hydrogen-bond acceptors (Lipinski definition) is 3. The van der Waals surface area contributed by atoms with Crippen molar-refractivity contribution in [3.05, 3.63) is 0 Å². The summed E-state index contributed by atoms with van der Waals surface area (Å²) in [5.74, 6) is 1.28. The van der Waals surface area contributed by atoms with Crippen LogP contribution in [0.15, 0.2) is 0 Å². The molecule has 2 aliphatic rings. The smallest absolute Gasteiger partial charge is 0.308 e. The van der Waals surface area contributed by atoms with Crippen LogP contribution in [-0.2, 0) is 9.59 Å². The lowest BCUT2D eigenvalue weighted by Crippen LogP contribution is -2.31. The number of rotatable bonds is 6. The van der Waals surface area contributed by atoms with Crippen LogP contribution in [-0.4, -0.2) is 46.5 Å². The van der Waals surface area contributed by atoms with Gasteiger partial charge in [-0.05, 0) is 36.9 Å². The van der Waals surface area contributed by atoms with Gasteiger partial charge < -0.3 is 10.0 Å². The van der Waals surface area contributed by atoms with E-state index in [1.54, 1.807) is 16.7 Å². The number of carboxylic acid groups (broad SMARTS) is 1. The Bertz CT molecular complexity index is 330. The lowest BCUT2D eigenvalue weighted by atomic mass is 9.92. The van der Waals surface area contributed by atoms with Crippen molar-refractivity contribution in [2.75, 3.05) is 24.6 Å². The summed E-state index contributed by atoms with van der Waals surface area (Å²) in [6, 6.07) is 0. The van der Waals surface area contributed by atoms with Crippen LogP contribution in [0.2, 0.25) is 0 Å². The van der Waals surface area contributed by atoms with Crippen molar-refractivity contribution in [3.63, 3.8) is 0 Å². The van der Waals surface area contributed by atoms with Crippen LogP contribution in [0.3, 0.4) is 0 Å². The Labute approximate surface area is 112 Å². The molecule has 0 bridgehead atoms. The zero-order chi connectivity index (χ0) is 13.1. The van der Waals surface area contributed by atoms with Gasteiger partial charge in [-0.15, -0.1) is 0 Å². The molecule has 5 heteroatoms. The Hall–Kier alpha value is -0.710. The van der Waals surface area contributed by atoms with Gasteiger partial charge in [-0.1, -0.05) is 6.92 Å². The van der Waals surface area contributed by atoms with E-state index < -0.39 is 5.97 Å². The third-order valence-electron chi connectivity index (χ3n) is 3.84. The van der Waals surface area contributed by atoms with Gasteiger partial charge in [-0.3, -0.25) is 9.59 Å². The van der Waals surface area contributed by atoms with E-state index >= 15 is 0 Å². The number of carbonyl (C=O) groups is 2. The maximum absolute atomic E-state index is 12.0. The number of likely N-dealkylation sites (tertiary alicyclic amines) is 1.